The number of anilines is 7. The summed E-state index contributed by atoms with van der Waals surface area (Å²) in [6.07, 6.45) is 5.04. The summed E-state index contributed by atoms with van der Waals surface area (Å²) in [5.41, 5.74) is 7.94. The van der Waals surface area contributed by atoms with Crippen molar-refractivity contribution >= 4 is 40.1 Å². The quantitative estimate of drug-likeness (QED) is 0.195. The highest BCUT2D eigenvalue weighted by Crippen LogP contribution is 2.68. The maximum absolute atomic E-state index is 10.2. The normalized spacial score (nSPS) is 24.0. The number of para-hydroxylation sites is 4. The maximum Gasteiger partial charge on any atom is 0.178 e. The van der Waals surface area contributed by atoms with E-state index in [-0.39, 0.29) is 17.7 Å². The number of hydrogen-bond acceptors (Lipinski definition) is 7. The van der Waals surface area contributed by atoms with E-state index in [4.69, 9.17) is 9.97 Å². The van der Waals surface area contributed by atoms with Crippen molar-refractivity contribution in [2.45, 2.75) is 58.3 Å². The van der Waals surface area contributed by atoms with Crippen molar-refractivity contribution in [2.75, 3.05) is 26.6 Å². The zero-order valence-corrected chi connectivity index (χ0v) is 27.6. The van der Waals surface area contributed by atoms with Gasteiger partial charge in [0.2, 0.25) is 0 Å². The molecule has 5 aromatic rings. The van der Waals surface area contributed by atoms with Crippen molar-refractivity contribution in [3.05, 3.63) is 126 Å². The van der Waals surface area contributed by atoms with Gasteiger partial charge in [0.25, 0.3) is 0 Å². The molecule has 4 heterocycles. The van der Waals surface area contributed by atoms with E-state index in [9.17, 15) is 5.26 Å². The van der Waals surface area contributed by atoms with Crippen molar-refractivity contribution in [2.24, 2.45) is 5.41 Å². The number of benzene rings is 4. The van der Waals surface area contributed by atoms with Crippen LogP contribution in [0.25, 0.3) is 0 Å². The third-order valence-corrected chi connectivity index (χ3v) is 11.4. The van der Waals surface area contributed by atoms with Gasteiger partial charge in [0.15, 0.2) is 11.6 Å². The smallest absolute Gasteiger partial charge is 0.178 e. The fourth-order valence-electron chi connectivity index (χ4n) is 9.13. The van der Waals surface area contributed by atoms with Gasteiger partial charge in [-0.25, -0.2) is 9.97 Å². The first kappa shape index (κ1) is 29.1. The predicted octanol–water partition coefficient (Wildman–Crippen LogP) is 8.96. The second kappa shape index (κ2) is 10.6. The summed E-state index contributed by atoms with van der Waals surface area (Å²) in [6, 6.07) is 36.8. The van der Waals surface area contributed by atoms with E-state index < -0.39 is 5.41 Å². The van der Waals surface area contributed by atoms with Crippen molar-refractivity contribution < 1.29 is 0 Å². The van der Waals surface area contributed by atoms with Gasteiger partial charge in [-0.2, -0.15) is 5.26 Å². The van der Waals surface area contributed by atoms with Gasteiger partial charge in [-0.15, -0.1) is 0 Å². The van der Waals surface area contributed by atoms with Crippen LogP contribution in [0.3, 0.4) is 0 Å². The molecule has 0 fully saturated rings. The molecule has 3 aliphatic rings. The second-order valence-corrected chi connectivity index (χ2v) is 13.2. The summed E-state index contributed by atoms with van der Waals surface area (Å²) >= 11 is 0. The molecule has 3 unspecified atom stereocenters. The molecule has 234 valence electrons. The molecule has 3 aliphatic heterocycles. The Balaban J connectivity index is 1.52. The molecule has 47 heavy (non-hydrogen) atoms. The average Bonchev–Trinajstić information content (AvgIpc) is 3.62. The molecule has 8 rings (SSSR count). The molecular formula is C40H39N7. The summed E-state index contributed by atoms with van der Waals surface area (Å²) in [5, 5.41) is 10.2. The maximum atomic E-state index is 10.2. The van der Waals surface area contributed by atoms with Gasteiger partial charge in [0.1, 0.15) is 12.3 Å². The highest BCUT2D eigenvalue weighted by molar-refractivity contribution is 5.90. The molecular weight excluding hydrogens is 578 g/mol. The molecule has 0 aliphatic carbocycles. The minimum atomic E-state index is -0.475. The van der Waals surface area contributed by atoms with Crippen molar-refractivity contribution in [3.8, 4) is 6.07 Å². The molecule has 0 radical (unpaired) electrons. The number of aryl methyl sites for hydroxylation is 1. The minimum absolute atomic E-state index is 0.0627. The van der Waals surface area contributed by atoms with Gasteiger partial charge < -0.3 is 19.6 Å². The van der Waals surface area contributed by atoms with Crippen LogP contribution < -0.4 is 19.6 Å². The van der Waals surface area contributed by atoms with Crippen LogP contribution in [-0.2, 0) is 5.41 Å². The lowest BCUT2D eigenvalue weighted by molar-refractivity contribution is 0.0458. The third kappa shape index (κ3) is 3.73. The van der Waals surface area contributed by atoms with E-state index in [1.165, 1.54) is 28.2 Å². The van der Waals surface area contributed by atoms with E-state index in [0.717, 1.165) is 35.9 Å². The van der Waals surface area contributed by atoms with Crippen molar-refractivity contribution in [1.29, 1.82) is 5.26 Å². The molecule has 0 N–H and O–H groups in total. The van der Waals surface area contributed by atoms with Crippen LogP contribution in [0.1, 0.15) is 50.3 Å². The van der Waals surface area contributed by atoms with E-state index in [1.54, 1.807) is 0 Å². The highest BCUT2D eigenvalue weighted by Gasteiger charge is 2.69. The van der Waals surface area contributed by atoms with Crippen LogP contribution in [0.4, 0.5) is 40.1 Å². The molecule has 0 saturated heterocycles. The summed E-state index contributed by atoms with van der Waals surface area (Å²) in [4.78, 5) is 20.1. The number of hydrogen-bond donors (Lipinski definition) is 0. The van der Waals surface area contributed by atoms with Gasteiger partial charge in [-0.05, 0) is 79.4 Å². The van der Waals surface area contributed by atoms with Crippen LogP contribution in [0.2, 0.25) is 0 Å². The van der Waals surface area contributed by atoms with E-state index in [1.807, 2.05) is 18.5 Å². The molecule has 0 amide bonds. The Kier molecular flexibility index (Phi) is 6.56. The predicted molar refractivity (Wildman–Crippen MR) is 190 cm³/mol. The summed E-state index contributed by atoms with van der Waals surface area (Å²) in [5.74, 6) is 1.70. The fourth-order valence-corrected chi connectivity index (χ4v) is 9.13. The topological polar surface area (TPSA) is 62.5 Å². The number of nitriles is 1. The Morgan fingerprint density at radius 1 is 0.702 bits per heavy atom. The van der Waals surface area contributed by atoms with E-state index in [0.29, 0.717) is 5.56 Å². The zero-order valence-electron chi connectivity index (χ0n) is 27.6. The zero-order chi connectivity index (χ0) is 32.5. The monoisotopic (exact) mass is 617 g/mol. The lowest BCUT2D eigenvalue weighted by Gasteiger charge is -2.64. The first-order chi connectivity index (χ1) is 22.9. The molecule has 0 bridgehead atoms. The standard InChI is InChI=1S/C40H39N7/c1-6-39(4)30-25-28(26-41)21-22-32(30)46-34-20-14-13-19-33(34)44(5)37(46)40(39,7-2)38-45(29-16-9-8-10-17-29)35-36(43-24-23-42-35)47(38)31-18-12-11-15-27(31)3/h8-25,37-38H,6-7H2,1-5H3/t37?,38?,39-,40?/m0/s1. The summed E-state index contributed by atoms with van der Waals surface area (Å²) in [7, 11) is 2.25. The molecule has 4 aromatic carbocycles. The molecule has 0 saturated carbocycles. The first-order valence-corrected chi connectivity index (χ1v) is 16.6. The lowest BCUT2D eigenvalue weighted by Crippen LogP contribution is -2.72. The third-order valence-electron chi connectivity index (χ3n) is 11.4. The fraction of sp³-hybridized carbons (Fsp3) is 0.275. The van der Waals surface area contributed by atoms with Gasteiger partial charge in [0.05, 0.1) is 28.4 Å². The summed E-state index contributed by atoms with van der Waals surface area (Å²) < 4.78 is 0. The van der Waals surface area contributed by atoms with Gasteiger partial charge >= 0.3 is 0 Å². The highest BCUT2D eigenvalue weighted by atomic mass is 15.5. The SMILES string of the molecule is CCC1(C2N(c3ccccc3)c3nccnc3N2c2ccccc2C)C2N(C)c3ccccc3N2c2ccc(C#N)cc2[C@]1(C)CC. The number of fused-ring (bicyclic) bond motifs is 6. The van der Waals surface area contributed by atoms with Crippen LogP contribution in [-0.4, -0.2) is 29.3 Å². The van der Waals surface area contributed by atoms with Gasteiger partial charge in [0, 0.05) is 41.9 Å². The van der Waals surface area contributed by atoms with Crippen LogP contribution in [0.15, 0.2) is 109 Å². The summed E-state index contributed by atoms with van der Waals surface area (Å²) in [6.45, 7) is 9.29. The van der Waals surface area contributed by atoms with Gasteiger partial charge in [-0.1, -0.05) is 69.3 Å². The largest absolute Gasteiger partial charge is 0.352 e. The van der Waals surface area contributed by atoms with E-state index >= 15 is 0 Å². The van der Waals surface area contributed by atoms with Gasteiger partial charge in [-0.3, -0.25) is 0 Å². The molecule has 0 spiro atoms. The van der Waals surface area contributed by atoms with Crippen LogP contribution >= 0.6 is 0 Å². The molecule has 4 atom stereocenters. The Labute approximate surface area is 277 Å². The Bertz CT molecular complexity index is 2040. The average molecular weight is 618 g/mol. The number of rotatable bonds is 5. The number of aromatic nitrogens is 2. The second-order valence-electron chi connectivity index (χ2n) is 13.2. The number of nitrogens with zero attached hydrogens (tertiary/aromatic N) is 7. The Hall–Kier alpha value is -5.35. The lowest BCUT2D eigenvalue weighted by atomic mass is 9.52. The molecule has 1 aromatic heterocycles. The van der Waals surface area contributed by atoms with Crippen molar-refractivity contribution in [1.82, 2.24) is 9.97 Å². The Morgan fingerprint density at radius 3 is 2.00 bits per heavy atom. The minimum Gasteiger partial charge on any atom is -0.352 e. The van der Waals surface area contributed by atoms with Crippen LogP contribution in [0.5, 0.6) is 0 Å². The van der Waals surface area contributed by atoms with E-state index in [2.05, 4.69) is 151 Å². The first-order valence-electron chi connectivity index (χ1n) is 16.6. The Morgan fingerprint density at radius 2 is 1.34 bits per heavy atom. The molecule has 7 heteroatoms. The molecule has 7 nitrogen and oxygen atoms in total. The van der Waals surface area contributed by atoms with Crippen LogP contribution in [0, 0.1) is 23.7 Å². The van der Waals surface area contributed by atoms with Crippen molar-refractivity contribution in [3.63, 3.8) is 0 Å².